The van der Waals surface area contributed by atoms with Gasteiger partial charge in [0.25, 0.3) is 5.91 Å². The molecule has 0 fully saturated rings. The van der Waals surface area contributed by atoms with E-state index in [1.165, 1.54) is 31.4 Å². The molecule has 1 aliphatic heterocycles. The van der Waals surface area contributed by atoms with Crippen LogP contribution in [0.25, 0.3) is 11.3 Å². The second-order valence-corrected chi connectivity index (χ2v) is 5.82. The average Bonchev–Trinajstić information content (AvgIpc) is 3.07. The predicted molar refractivity (Wildman–Crippen MR) is 90.6 cm³/mol. The number of anilines is 1. The number of amides is 1. The normalized spacial score (nSPS) is 13.3. The number of imidazole rings is 1. The Labute approximate surface area is 139 Å². The summed E-state index contributed by atoms with van der Waals surface area (Å²) in [6.07, 6.45) is 10.0. The first kappa shape index (κ1) is 14.6. The van der Waals surface area contributed by atoms with Gasteiger partial charge in [0.1, 0.15) is 11.5 Å². The van der Waals surface area contributed by atoms with Crippen LogP contribution in [0.5, 0.6) is 0 Å². The number of nitrogens with zero attached hydrogens (tertiary/aromatic N) is 4. The van der Waals surface area contributed by atoms with Gasteiger partial charge in [0, 0.05) is 42.8 Å². The Morgan fingerprint density at radius 1 is 1.21 bits per heavy atom. The Hall–Kier alpha value is -3.02. The molecule has 1 aromatic carbocycles. The van der Waals surface area contributed by atoms with Gasteiger partial charge in [0.2, 0.25) is 0 Å². The van der Waals surface area contributed by atoms with Gasteiger partial charge in [0.15, 0.2) is 0 Å². The summed E-state index contributed by atoms with van der Waals surface area (Å²) in [4.78, 5) is 24.8. The number of hydrogen-bond acceptors (Lipinski definition) is 4. The quantitative estimate of drug-likeness (QED) is 0.805. The second-order valence-electron chi connectivity index (χ2n) is 5.82. The highest BCUT2D eigenvalue weighted by Gasteiger charge is 2.14. The maximum Gasteiger partial charge on any atom is 0.275 e. The third-order valence-electron chi connectivity index (χ3n) is 4.12. The molecule has 0 bridgehead atoms. The minimum Gasteiger partial charge on any atom is -0.334 e. The van der Waals surface area contributed by atoms with Crippen molar-refractivity contribution < 1.29 is 4.79 Å². The molecule has 24 heavy (non-hydrogen) atoms. The predicted octanol–water partition coefficient (Wildman–Crippen LogP) is 2.93. The summed E-state index contributed by atoms with van der Waals surface area (Å²) in [5, 5.41) is 2.85. The van der Waals surface area contributed by atoms with E-state index in [2.05, 4.69) is 26.0 Å². The van der Waals surface area contributed by atoms with E-state index in [9.17, 15) is 4.79 Å². The lowest BCUT2D eigenvalue weighted by Gasteiger charge is -2.11. The van der Waals surface area contributed by atoms with Crippen molar-refractivity contribution in [3.8, 4) is 11.3 Å². The molecule has 0 saturated carbocycles. The topological polar surface area (TPSA) is 72.7 Å². The van der Waals surface area contributed by atoms with Crippen LogP contribution in [0.1, 0.15) is 29.2 Å². The van der Waals surface area contributed by atoms with Crippen LogP contribution in [0.3, 0.4) is 0 Å². The highest BCUT2D eigenvalue weighted by molar-refractivity contribution is 6.02. The van der Waals surface area contributed by atoms with Crippen molar-refractivity contribution in [3.63, 3.8) is 0 Å². The first-order valence-corrected chi connectivity index (χ1v) is 8.03. The number of hydrogen-bond donors (Lipinski definition) is 1. The van der Waals surface area contributed by atoms with Gasteiger partial charge in [0.05, 0.1) is 11.9 Å². The van der Waals surface area contributed by atoms with Gasteiger partial charge in [-0.05, 0) is 25.0 Å². The molecule has 3 heterocycles. The Balaban J connectivity index is 1.57. The summed E-state index contributed by atoms with van der Waals surface area (Å²) >= 11 is 0. The Morgan fingerprint density at radius 2 is 2.17 bits per heavy atom. The van der Waals surface area contributed by atoms with Crippen molar-refractivity contribution in [2.75, 3.05) is 5.32 Å². The van der Waals surface area contributed by atoms with Crippen molar-refractivity contribution in [1.29, 1.82) is 0 Å². The van der Waals surface area contributed by atoms with Gasteiger partial charge < -0.3 is 9.88 Å². The molecule has 0 radical (unpaired) electrons. The van der Waals surface area contributed by atoms with Gasteiger partial charge in [-0.15, -0.1) is 0 Å². The number of benzene rings is 1. The fourth-order valence-electron chi connectivity index (χ4n) is 2.92. The minimum absolute atomic E-state index is 0.274. The van der Waals surface area contributed by atoms with E-state index in [1.54, 1.807) is 0 Å². The van der Waals surface area contributed by atoms with Gasteiger partial charge in [-0.3, -0.25) is 9.78 Å². The van der Waals surface area contributed by atoms with Gasteiger partial charge in [-0.1, -0.05) is 12.1 Å². The highest BCUT2D eigenvalue weighted by atomic mass is 16.1. The van der Waals surface area contributed by atoms with Crippen LogP contribution in [0.15, 0.2) is 49.1 Å². The number of carbonyl (C=O) groups excluding carboxylic acids is 1. The standard InChI is InChI=1S/C18H17N5O/c24-18(15-11-19-7-8-20-15)21-14-5-3-4-13(10-14)16-12-23-9-2-1-6-17(23)22-16/h3-5,7-8,10-12H,1-2,6,9H2,(H,21,24). The fourth-order valence-corrected chi connectivity index (χ4v) is 2.92. The zero-order valence-corrected chi connectivity index (χ0v) is 13.1. The molecule has 1 amide bonds. The Morgan fingerprint density at radius 3 is 3.00 bits per heavy atom. The summed E-state index contributed by atoms with van der Waals surface area (Å²) in [5.41, 5.74) is 2.95. The lowest BCUT2D eigenvalue weighted by Crippen LogP contribution is -2.13. The molecule has 0 saturated heterocycles. The second kappa shape index (κ2) is 6.23. The van der Waals surface area contributed by atoms with Gasteiger partial charge in [-0.25, -0.2) is 9.97 Å². The van der Waals surface area contributed by atoms with E-state index in [1.807, 2.05) is 24.3 Å². The molecular formula is C18H17N5O. The molecule has 0 aliphatic carbocycles. The molecular weight excluding hydrogens is 302 g/mol. The smallest absolute Gasteiger partial charge is 0.275 e. The van der Waals surface area contributed by atoms with Crippen LogP contribution in [0.2, 0.25) is 0 Å². The maximum atomic E-state index is 12.2. The summed E-state index contributed by atoms with van der Waals surface area (Å²) in [6.45, 7) is 1.03. The van der Waals surface area contributed by atoms with Gasteiger partial charge >= 0.3 is 0 Å². The molecule has 2 aromatic heterocycles. The number of aryl methyl sites for hydroxylation is 2. The number of carbonyl (C=O) groups is 1. The molecule has 6 nitrogen and oxygen atoms in total. The lowest BCUT2D eigenvalue weighted by atomic mass is 10.1. The van der Waals surface area contributed by atoms with Crippen LogP contribution in [0, 0.1) is 0 Å². The SMILES string of the molecule is O=C(Nc1cccc(-c2cn3c(n2)CCCC3)c1)c1cnccn1. The summed E-state index contributed by atoms with van der Waals surface area (Å²) in [5.74, 6) is 0.870. The third-order valence-corrected chi connectivity index (χ3v) is 4.12. The summed E-state index contributed by atoms with van der Waals surface area (Å²) in [6, 6.07) is 7.71. The van der Waals surface area contributed by atoms with Crippen molar-refractivity contribution in [1.82, 2.24) is 19.5 Å². The molecule has 1 N–H and O–H groups in total. The highest BCUT2D eigenvalue weighted by Crippen LogP contribution is 2.25. The minimum atomic E-state index is -0.274. The van der Waals surface area contributed by atoms with Crippen LogP contribution >= 0.6 is 0 Å². The van der Waals surface area contributed by atoms with Crippen molar-refractivity contribution in [2.45, 2.75) is 25.8 Å². The molecule has 0 unspecified atom stereocenters. The van der Waals surface area contributed by atoms with E-state index in [0.717, 1.165) is 30.0 Å². The van der Waals surface area contributed by atoms with Crippen molar-refractivity contribution >= 4 is 11.6 Å². The molecule has 120 valence electrons. The first-order chi connectivity index (χ1) is 11.8. The maximum absolute atomic E-state index is 12.2. The zero-order chi connectivity index (χ0) is 16.4. The number of aromatic nitrogens is 4. The average molecular weight is 319 g/mol. The van der Waals surface area contributed by atoms with E-state index >= 15 is 0 Å². The number of nitrogens with one attached hydrogen (secondary N) is 1. The third kappa shape index (κ3) is 2.90. The molecule has 6 heteroatoms. The van der Waals surface area contributed by atoms with Crippen LogP contribution in [0.4, 0.5) is 5.69 Å². The lowest BCUT2D eigenvalue weighted by molar-refractivity contribution is 0.102. The first-order valence-electron chi connectivity index (χ1n) is 8.03. The summed E-state index contributed by atoms with van der Waals surface area (Å²) in [7, 11) is 0. The van der Waals surface area contributed by atoms with Crippen LogP contribution in [-0.4, -0.2) is 25.4 Å². The van der Waals surface area contributed by atoms with Crippen LogP contribution in [-0.2, 0) is 13.0 Å². The molecule has 0 spiro atoms. The molecule has 1 aliphatic rings. The van der Waals surface area contributed by atoms with E-state index in [4.69, 9.17) is 4.98 Å². The molecule has 3 aromatic rings. The van der Waals surface area contributed by atoms with Gasteiger partial charge in [-0.2, -0.15) is 0 Å². The van der Waals surface area contributed by atoms with Crippen LogP contribution < -0.4 is 5.32 Å². The number of fused-ring (bicyclic) bond motifs is 1. The fraction of sp³-hybridized carbons (Fsp3) is 0.222. The van der Waals surface area contributed by atoms with Crippen molar-refractivity contribution in [2.24, 2.45) is 0 Å². The monoisotopic (exact) mass is 319 g/mol. The summed E-state index contributed by atoms with van der Waals surface area (Å²) < 4.78 is 2.23. The van der Waals surface area contributed by atoms with E-state index in [0.29, 0.717) is 11.4 Å². The Kier molecular flexibility index (Phi) is 3.78. The van der Waals surface area contributed by atoms with Crippen molar-refractivity contribution in [3.05, 3.63) is 60.6 Å². The van der Waals surface area contributed by atoms with E-state index in [-0.39, 0.29) is 5.91 Å². The zero-order valence-electron chi connectivity index (χ0n) is 13.1. The Bertz CT molecular complexity index is 849. The largest absolute Gasteiger partial charge is 0.334 e. The number of rotatable bonds is 3. The molecule has 4 rings (SSSR count). The molecule has 0 atom stereocenters. The van der Waals surface area contributed by atoms with E-state index < -0.39 is 0 Å².